The SMILES string of the molecule is Cc1nn(C)c(N(C)C(C)c2ccc(Cl)cc2)c1CN. The predicted molar refractivity (Wildman–Crippen MR) is 84.1 cm³/mol. The molecular formula is C15H21ClN4. The lowest BCUT2D eigenvalue weighted by atomic mass is 10.1. The molecule has 0 fully saturated rings. The fourth-order valence-corrected chi connectivity index (χ4v) is 2.64. The molecule has 0 aliphatic rings. The minimum absolute atomic E-state index is 0.215. The molecule has 0 bridgehead atoms. The summed E-state index contributed by atoms with van der Waals surface area (Å²) < 4.78 is 1.89. The highest BCUT2D eigenvalue weighted by atomic mass is 35.5. The molecule has 2 rings (SSSR count). The Labute approximate surface area is 125 Å². The first-order valence-corrected chi connectivity index (χ1v) is 7.04. The largest absolute Gasteiger partial charge is 0.353 e. The van der Waals surface area contributed by atoms with Crippen LogP contribution in [0.25, 0.3) is 0 Å². The lowest BCUT2D eigenvalue weighted by Crippen LogP contribution is -2.25. The fraction of sp³-hybridized carbons (Fsp3) is 0.400. The number of anilines is 1. The van der Waals surface area contributed by atoms with Crippen LogP contribution in [-0.4, -0.2) is 16.8 Å². The number of aryl methyl sites for hydroxylation is 2. The van der Waals surface area contributed by atoms with Crippen LogP contribution in [0.3, 0.4) is 0 Å². The molecule has 0 aliphatic heterocycles. The van der Waals surface area contributed by atoms with E-state index in [4.69, 9.17) is 17.3 Å². The second-order valence-corrected chi connectivity index (χ2v) is 5.49. The maximum atomic E-state index is 5.94. The van der Waals surface area contributed by atoms with Gasteiger partial charge in [0.05, 0.1) is 11.7 Å². The third-order valence-electron chi connectivity index (χ3n) is 3.78. The van der Waals surface area contributed by atoms with Crippen LogP contribution in [0.5, 0.6) is 0 Å². The molecule has 2 aromatic rings. The number of aromatic nitrogens is 2. The van der Waals surface area contributed by atoms with Crippen molar-refractivity contribution < 1.29 is 0 Å². The number of nitrogens with zero attached hydrogens (tertiary/aromatic N) is 3. The fourth-order valence-electron chi connectivity index (χ4n) is 2.52. The quantitative estimate of drug-likeness (QED) is 0.942. The maximum Gasteiger partial charge on any atom is 0.131 e. The first kappa shape index (κ1) is 14.9. The van der Waals surface area contributed by atoms with Crippen LogP contribution in [0, 0.1) is 6.92 Å². The van der Waals surface area contributed by atoms with E-state index in [0.29, 0.717) is 6.54 Å². The molecule has 20 heavy (non-hydrogen) atoms. The molecule has 0 saturated heterocycles. The Bertz CT molecular complexity index is 589. The summed E-state index contributed by atoms with van der Waals surface area (Å²) in [7, 11) is 4.02. The Morgan fingerprint density at radius 1 is 1.35 bits per heavy atom. The van der Waals surface area contributed by atoms with Gasteiger partial charge in [-0.05, 0) is 31.5 Å². The van der Waals surface area contributed by atoms with Crippen molar-refractivity contribution in [2.75, 3.05) is 11.9 Å². The Hall–Kier alpha value is -1.52. The van der Waals surface area contributed by atoms with Crippen molar-refractivity contribution >= 4 is 17.4 Å². The van der Waals surface area contributed by atoms with Crippen LogP contribution in [0.1, 0.15) is 29.8 Å². The van der Waals surface area contributed by atoms with Gasteiger partial charge in [0.25, 0.3) is 0 Å². The van der Waals surface area contributed by atoms with Crippen LogP contribution >= 0.6 is 11.6 Å². The van der Waals surface area contributed by atoms with Crippen molar-refractivity contribution in [1.29, 1.82) is 0 Å². The van der Waals surface area contributed by atoms with Gasteiger partial charge in [0.2, 0.25) is 0 Å². The molecule has 0 spiro atoms. The average Bonchev–Trinajstić information content (AvgIpc) is 2.72. The zero-order valence-corrected chi connectivity index (χ0v) is 13.1. The van der Waals surface area contributed by atoms with E-state index in [1.807, 2.05) is 30.8 Å². The molecule has 5 heteroatoms. The van der Waals surface area contributed by atoms with Crippen molar-refractivity contribution in [3.05, 3.63) is 46.1 Å². The van der Waals surface area contributed by atoms with E-state index in [-0.39, 0.29) is 6.04 Å². The maximum absolute atomic E-state index is 5.94. The summed E-state index contributed by atoms with van der Waals surface area (Å²) in [6.45, 7) is 4.64. The van der Waals surface area contributed by atoms with Crippen LogP contribution in [0.2, 0.25) is 5.02 Å². The van der Waals surface area contributed by atoms with E-state index in [1.165, 1.54) is 5.56 Å². The smallest absolute Gasteiger partial charge is 0.131 e. The van der Waals surface area contributed by atoms with E-state index in [9.17, 15) is 0 Å². The molecule has 2 N–H and O–H groups in total. The normalized spacial score (nSPS) is 12.5. The monoisotopic (exact) mass is 292 g/mol. The van der Waals surface area contributed by atoms with Gasteiger partial charge in [0.15, 0.2) is 0 Å². The first-order chi connectivity index (χ1) is 9.45. The van der Waals surface area contributed by atoms with Crippen LogP contribution in [0.15, 0.2) is 24.3 Å². The van der Waals surface area contributed by atoms with Gasteiger partial charge in [-0.1, -0.05) is 23.7 Å². The second kappa shape index (κ2) is 5.85. The summed E-state index contributed by atoms with van der Waals surface area (Å²) in [4.78, 5) is 2.20. The number of rotatable bonds is 4. The van der Waals surface area contributed by atoms with Crippen LogP contribution in [-0.2, 0) is 13.6 Å². The summed E-state index contributed by atoms with van der Waals surface area (Å²) in [6.07, 6.45) is 0. The van der Waals surface area contributed by atoms with E-state index >= 15 is 0 Å². The predicted octanol–water partition coefficient (Wildman–Crippen LogP) is 3.04. The zero-order chi connectivity index (χ0) is 14.9. The number of benzene rings is 1. The van der Waals surface area contributed by atoms with Gasteiger partial charge in [-0.15, -0.1) is 0 Å². The lowest BCUT2D eigenvalue weighted by Gasteiger charge is -2.28. The number of nitrogens with two attached hydrogens (primary N) is 1. The molecule has 1 heterocycles. The van der Waals surface area contributed by atoms with Crippen molar-refractivity contribution in [3.63, 3.8) is 0 Å². The van der Waals surface area contributed by atoms with Crippen LogP contribution in [0.4, 0.5) is 5.82 Å². The summed E-state index contributed by atoms with van der Waals surface area (Å²) in [5.74, 6) is 1.06. The van der Waals surface area contributed by atoms with Gasteiger partial charge < -0.3 is 10.6 Å². The zero-order valence-electron chi connectivity index (χ0n) is 12.4. The van der Waals surface area contributed by atoms with Crippen molar-refractivity contribution in [3.8, 4) is 0 Å². The Morgan fingerprint density at radius 3 is 2.50 bits per heavy atom. The molecule has 108 valence electrons. The minimum Gasteiger partial charge on any atom is -0.353 e. The van der Waals surface area contributed by atoms with Crippen molar-refractivity contribution in [2.24, 2.45) is 12.8 Å². The number of hydrogen-bond acceptors (Lipinski definition) is 3. The molecule has 0 radical (unpaired) electrons. The van der Waals surface area contributed by atoms with Crippen molar-refractivity contribution in [2.45, 2.75) is 26.4 Å². The molecule has 4 nitrogen and oxygen atoms in total. The summed E-state index contributed by atoms with van der Waals surface area (Å²) in [6, 6.07) is 8.15. The molecule has 1 aromatic heterocycles. The minimum atomic E-state index is 0.215. The molecule has 1 unspecified atom stereocenters. The van der Waals surface area contributed by atoms with E-state index in [0.717, 1.165) is 22.1 Å². The van der Waals surface area contributed by atoms with Crippen molar-refractivity contribution in [1.82, 2.24) is 9.78 Å². The van der Waals surface area contributed by atoms with E-state index < -0.39 is 0 Å². The summed E-state index contributed by atoms with van der Waals surface area (Å²) in [5.41, 5.74) is 9.15. The third kappa shape index (κ3) is 2.67. The average molecular weight is 293 g/mol. The van der Waals surface area contributed by atoms with Gasteiger partial charge in [0.1, 0.15) is 5.82 Å². The Balaban J connectivity index is 2.35. The number of halogens is 1. The molecule has 0 aliphatic carbocycles. The van der Waals surface area contributed by atoms with Gasteiger partial charge in [-0.25, -0.2) is 0 Å². The topological polar surface area (TPSA) is 47.1 Å². The van der Waals surface area contributed by atoms with Gasteiger partial charge in [0, 0.05) is 31.2 Å². The molecule has 0 amide bonds. The summed E-state index contributed by atoms with van der Waals surface area (Å²) >= 11 is 5.94. The standard InChI is InChI=1S/C15H21ClN4/c1-10-14(9-17)15(20(4)18-10)19(3)11(2)12-5-7-13(16)8-6-12/h5-8,11H,9,17H2,1-4H3. The van der Waals surface area contributed by atoms with E-state index in [2.05, 4.69) is 36.1 Å². The third-order valence-corrected chi connectivity index (χ3v) is 4.04. The van der Waals surface area contributed by atoms with Crippen LogP contribution < -0.4 is 10.6 Å². The molecule has 1 aromatic carbocycles. The highest BCUT2D eigenvalue weighted by Crippen LogP contribution is 2.29. The van der Waals surface area contributed by atoms with Gasteiger partial charge in [-0.2, -0.15) is 5.10 Å². The van der Waals surface area contributed by atoms with E-state index in [1.54, 1.807) is 0 Å². The molecular weight excluding hydrogens is 272 g/mol. The Morgan fingerprint density at radius 2 is 1.95 bits per heavy atom. The summed E-state index contributed by atoms with van der Waals surface area (Å²) in [5, 5.41) is 5.22. The highest BCUT2D eigenvalue weighted by Gasteiger charge is 2.20. The van der Waals surface area contributed by atoms with Gasteiger partial charge in [-0.3, -0.25) is 4.68 Å². The lowest BCUT2D eigenvalue weighted by molar-refractivity contribution is 0.671. The molecule has 1 atom stereocenters. The Kier molecular flexibility index (Phi) is 4.35. The highest BCUT2D eigenvalue weighted by molar-refractivity contribution is 6.30. The number of hydrogen-bond donors (Lipinski definition) is 1. The van der Waals surface area contributed by atoms with Gasteiger partial charge >= 0.3 is 0 Å². The second-order valence-electron chi connectivity index (χ2n) is 5.05. The first-order valence-electron chi connectivity index (χ1n) is 6.66. The molecule has 0 saturated carbocycles.